The number of carboxylic acids is 1. The number of hydrogen-bond acceptors (Lipinski definition) is 15. The number of carbonyl (C=O) groups excluding carboxylic acids is 1. The number of aliphatic hydroxyl groups is 5. The Morgan fingerprint density at radius 3 is 2.08 bits per heavy atom. The maximum Gasteiger partial charge on any atom is 0.338 e. The maximum absolute atomic E-state index is 11.9. The van der Waals surface area contributed by atoms with Gasteiger partial charge < -0.3 is 50.1 Å². The largest absolute Gasteiger partial charge is 0.479 e. The summed E-state index contributed by atoms with van der Waals surface area (Å²) in [6, 6.07) is 0. The van der Waals surface area contributed by atoms with Crippen LogP contribution in [0.1, 0.15) is 19.3 Å². The van der Waals surface area contributed by atoms with Gasteiger partial charge in [0, 0.05) is 32.7 Å². The lowest BCUT2D eigenvalue weighted by molar-refractivity contribution is -0.169. The average molecular weight is 554 g/mol. The lowest BCUT2D eigenvalue weighted by Gasteiger charge is -2.30. The van der Waals surface area contributed by atoms with E-state index in [1.807, 2.05) is 0 Å². The van der Waals surface area contributed by atoms with Gasteiger partial charge in [-0.3, -0.25) is 0 Å². The third kappa shape index (κ3) is 7.79. The fourth-order valence-electron chi connectivity index (χ4n) is 4.10. The zero-order valence-electron chi connectivity index (χ0n) is 21.5. The second kappa shape index (κ2) is 14.6. The monoisotopic (exact) mass is 553 g/mol. The Morgan fingerprint density at radius 1 is 0.872 bits per heavy atom. The zero-order valence-corrected chi connectivity index (χ0v) is 21.5. The maximum atomic E-state index is 11.9. The predicted molar refractivity (Wildman–Crippen MR) is 137 cm³/mol. The van der Waals surface area contributed by atoms with E-state index >= 15 is 0 Å². The highest BCUT2D eigenvalue weighted by Gasteiger charge is 2.31. The van der Waals surface area contributed by atoms with Gasteiger partial charge in [-0.05, 0) is 19.3 Å². The predicted octanol–water partition coefficient (Wildman–Crippen LogP) is -2.65. The van der Waals surface area contributed by atoms with E-state index in [1.54, 1.807) is 9.80 Å². The Balaban J connectivity index is 1.91. The summed E-state index contributed by atoms with van der Waals surface area (Å²) in [7, 11) is 0. The van der Waals surface area contributed by atoms with E-state index in [9.17, 15) is 35.1 Å². The molecule has 0 amide bonds. The number of esters is 1. The van der Waals surface area contributed by atoms with Crippen molar-refractivity contribution < 1.29 is 45.0 Å². The average Bonchev–Trinajstić information content (AvgIpc) is 2.95. The van der Waals surface area contributed by atoms with Crippen molar-refractivity contribution in [2.24, 2.45) is 0 Å². The van der Waals surface area contributed by atoms with Crippen LogP contribution in [0.5, 0.6) is 0 Å². The van der Waals surface area contributed by atoms with Crippen molar-refractivity contribution in [2.45, 2.75) is 31.5 Å². The summed E-state index contributed by atoms with van der Waals surface area (Å²) >= 11 is 0. The first-order valence-electron chi connectivity index (χ1n) is 12.7. The van der Waals surface area contributed by atoms with Gasteiger partial charge in [0.05, 0.1) is 32.6 Å². The molecule has 2 unspecified atom stereocenters. The quantitative estimate of drug-likeness (QED) is 0.124. The number of piperidine rings is 1. The van der Waals surface area contributed by atoms with Gasteiger partial charge in [0.15, 0.2) is 18.0 Å². The third-order valence-electron chi connectivity index (χ3n) is 6.13. The molecule has 1 fully saturated rings. The molecule has 0 bridgehead atoms. The molecule has 2 aromatic heterocycles. The van der Waals surface area contributed by atoms with Crippen molar-refractivity contribution >= 4 is 40.7 Å². The molecule has 2 atom stereocenters. The third-order valence-corrected chi connectivity index (χ3v) is 6.13. The van der Waals surface area contributed by atoms with Crippen molar-refractivity contribution in [1.29, 1.82) is 0 Å². The van der Waals surface area contributed by atoms with E-state index in [4.69, 9.17) is 14.8 Å². The van der Waals surface area contributed by atoms with Crippen molar-refractivity contribution in [1.82, 2.24) is 19.9 Å². The van der Waals surface area contributed by atoms with Gasteiger partial charge in [-0.25, -0.2) is 24.5 Å². The molecule has 1 aliphatic heterocycles. The molecule has 3 heterocycles. The fraction of sp³-hybridized carbons (Fsp3) is 0.652. The molecule has 6 N–H and O–H groups in total. The summed E-state index contributed by atoms with van der Waals surface area (Å²) < 4.78 is 4.92. The van der Waals surface area contributed by atoms with E-state index in [0.29, 0.717) is 22.8 Å². The van der Waals surface area contributed by atoms with Crippen LogP contribution in [0.2, 0.25) is 0 Å². The van der Waals surface area contributed by atoms with Crippen LogP contribution < -0.4 is 14.7 Å². The number of aliphatic carboxylic acids is 1. The van der Waals surface area contributed by atoms with Crippen molar-refractivity contribution in [2.75, 3.05) is 80.4 Å². The van der Waals surface area contributed by atoms with E-state index in [2.05, 4.69) is 19.9 Å². The Bertz CT molecular complexity index is 1100. The number of carbonyl (C=O) groups is 2. The van der Waals surface area contributed by atoms with Crippen LogP contribution in [-0.4, -0.2) is 140 Å². The number of hydrogen-bond donors (Lipinski definition) is 6. The first-order valence-corrected chi connectivity index (χ1v) is 12.7. The van der Waals surface area contributed by atoms with Crippen LogP contribution in [0, 0.1) is 0 Å². The van der Waals surface area contributed by atoms with Gasteiger partial charge in [-0.1, -0.05) is 0 Å². The summed E-state index contributed by atoms with van der Waals surface area (Å²) in [5, 5.41) is 56.2. The molecule has 39 heavy (non-hydrogen) atoms. The van der Waals surface area contributed by atoms with E-state index in [-0.39, 0.29) is 58.6 Å². The normalized spacial score (nSPS) is 15.2. The van der Waals surface area contributed by atoms with Crippen molar-refractivity contribution in [3.63, 3.8) is 0 Å². The van der Waals surface area contributed by atoms with Crippen LogP contribution in [0.4, 0.5) is 17.7 Å². The summed E-state index contributed by atoms with van der Waals surface area (Å²) in [6.45, 7) is 1.11. The molecule has 16 nitrogen and oxygen atoms in total. The molecule has 3 rings (SSSR count). The van der Waals surface area contributed by atoms with Gasteiger partial charge >= 0.3 is 11.9 Å². The molecule has 1 aliphatic rings. The van der Waals surface area contributed by atoms with Crippen LogP contribution in [0.3, 0.4) is 0 Å². The Hall–Kier alpha value is -3.44. The Kier molecular flexibility index (Phi) is 11.3. The number of aromatic nitrogens is 4. The lowest BCUT2D eigenvalue weighted by atomic mass is 10.1. The number of rotatable bonds is 15. The van der Waals surface area contributed by atoms with Crippen LogP contribution >= 0.6 is 0 Å². The molecule has 0 aromatic carbocycles. The Labute approximate surface area is 224 Å². The second-order valence-corrected chi connectivity index (χ2v) is 8.84. The molecule has 0 radical (unpaired) electrons. The molecule has 16 heteroatoms. The Morgan fingerprint density at radius 2 is 1.49 bits per heavy atom. The van der Waals surface area contributed by atoms with E-state index in [0.717, 1.165) is 32.4 Å². The number of anilines is 3. The molecule has 0 saturated carbocycles. The van der Waals surface area contributed by atoms with Crippen LogP contribution in [-0.2, 0) is 14.3 Å². The molecule has 2 aromatic rings. The van der Waals surface area contributed by atoms with Gasteiger partial charge in [0.1, 0.15) is 17.6 Å². The van der Waals surface area contributed by atoms with Gasteiger partial charge in [-0.2, -0.15) is 4.98 Å². The highest BCUT2D eigenvalue weighted by atomic mass is 16.6. The summed E-state index contributed by atoms with van der Waals surface area (Å²) in [5.41, 5.74) is 0.893. The smallest absolute Gasteiger partial charge is 0.338 e. The number of ether oxygens (including phenoxy) is 1. The fourth-order valence-corrected chi connectivity index (χ4v) is 4.10. The topological polar surface area (TPSA) is 226 Å². The molecule has 0 aliphatic carbocycles. The van der Waals surface area contributed by atoms with Crippen LogP contribution in [0.15, 0.2) is 6.20 Å². The number of fused-ring (bicyclic) bond motifs is 1. The van der Waals surface area contributed by atoms with Crippen LogP contribution in [0.25, 0.3) is 11.0 Å². The SMILES string of the molecule is O=C(O)C(O)C(O)C(=O)OCCN(CCO)c1nc(N2CCCCC2)c2nc(N(CCO)CCO)ncc2n1. The highest BCUT2D eigenvalue weighted by Crippen LogP contribution is 2.28. The van der Waals surface area contributed by atoms with Gasteiger partial charge in [0.25, 0.3) is 0 Å². The van der Waals surface area contributed by atoms with Gasteiger partial charge in [0.2, 0.25) is 11.9 Å². The minimum absolute atomic E-state index is 0.00709. The molecular weight excluding hydrogens is 518 g/mol. The molecule has 0 spiro atoms. The number of nitrogens with zero attached hydrogens (tertiary/aromatic N) is 7. The summed E-state index contributed by atoms with van der Waals surface area (Å²) in [4.78, 5) is 46.3. The summed E-state index contributed by atoms with van der Waals surface area (Å²) in [6.07, 6.45) is -0.0606. The van der Waals surface area contributed by atoms with Crippen molar-refractivity contribution in [3.8, 4) is 0 Å². The van der Waals surface area contributed by atoms with E-state index < -0.39 is 24.1 Å². The molecular formula is C23H35N7O9. The first-order chi connectivity index (χ1) is 18.8. The molecule has 1 saturated heterocycles. The lowest BCUT2D eigenvalue weighted by Crippen LogP contribution is -2.41. The van der Waals surface area contributed by atoms with E-state index in [1.165, 1.54) is 6.20 Å². The van der Waals surface area contributed by atoms with Gasteiger partial charge in [-0.15, -0.1) is 0 Å². The number of aliphatic hydroxyl groups excluding tert-OH is 5. The second-order valence-electron chi connectivity index (χ2n) is 8.84. The van der Waals surface area contributed by atoms with Crippen molar-refractivity contribution in [3.05, 3.63) is 6.20 Å². The zero-order chi connectivity index (χ0) is 28.4. The minimum Gasteiger partial charge on any atom is -0.479 e. The molecule has 216 valence electrons. The number of carboxylic acid groups (broad SMARTS) is 1. The minimum atomic E-state index is -2.32. The standard InChI is InChI=1S/C23H35N7O9/c31-10-6-29(7-11-32)22-24-14-15-16(26-22)19(28-4-2-1-3-5-28)27-23(25-15)30(8-12-33)9-13-39-21(38)18(35)17(34)20(36)37/h14,17-18,31-35H,1-13H2,(H,36,37). The summed E-state index contributed by atoms with van der Waals surface area (Å²) in [5.74, 6) is -2.01. The first kappa shape index (κ1) is 30.1. The highest BCUT2D eigenvalue weighted by molar-refractivity contribution is 5.87.